The molecule has 0 radical (unpaired) electrons. The molecule has 0 aromatic heterocycles. The van der Waals surface area contributed by atoms with Gasteiger partial charge in [0.25, 0.3) is 11.7 Å². The molecule has 3 aromatic carbocycles. The molecule has 31 heavy (non-hydrogen) atoms. The Bertz CT molecular complexity index is 1020. The molecule has 0 unspecified atom stereocenters. The molecule has 1 saturated heterocycles. The van der Waals surface area contributed by atoms with Crippen LogP contribution in [0.4, 0.5) is 11.4 Å². The molecular formula is C26H27N3O2. The third-order valence-electron chi connectivity index (χ3n) is 5.63. The summed E-state index contributed by atoms with van der Waals surface area (Å²) in [4.78, 5) is 29.4. The molecule has 4 rings (SSSR count). The van der Waals surface area contributed by atoms with E-state index in [4.69, 9.17) is 0 Å². The van der Waals surface area contributed by atoms with E-state index in [1.165, 1.54) is 5.56 Å². The number of rotatable bonds is 6. The highest BCUT2D eigenvalue weighted by molar-refractivity contribution is 6.46. The molecule has 3 aromatic rings. The number of hydrogen-bond acceptors (Lipinski definition) is 4. The van der Waals surface area contributed by atoms with Gasteiger partial charge in [-0.1, -0.05) is 60.2 Å². The number of carbonyl (C=O) groups is 2. The maximum atomic E-state index is 12.3. The monoisotopic (exact) mass is 413 g/mol. The van der Waals surface area contributed by atoms with Gasteiger partial charge in [-0.15, -0.1) is 0 Å². The lowest BCUT2D eigenvalue weighted by atomic mass is 10.1. The summed E-state index contributed by atoms with van der Waals surface area (Å²) in [6.45, 7) is 6.87. The maximum Gasteiger partial charge on any atom is 0.296 e. The molecule has 0 saturated carbocycles. The van der Waals surface area contributed by atoms with E-state index in [1.807, 2.05) is 49.4 Å². The number of nitrogens with zero attached hydrogens (tertiary/aromatic N) is 2. The van der Waals surface area contributed by atoms with Crippen LogP contribution in [0.1, 0.15) is 21.5 Å². The summed E-state index contributed by atoms with van der Waals surface area (Å²) in [5.74, 6) is -1.15. The number of Topliss-reactive ketones (excluding diaryl/α,β-unsaturated/α-hetero) is 1. The standard InChI is InChI=1S/C26H27N3O2/c1-20-7-9-22(10-8-20)25(30)26(31)27-23-11-13-24(14-12-23)29-17-15-28(16-18-29)19-21-5-3-2-4-6-21/h2-14H,15-19H2,1H3,(H,27,31). The SMILES string of the molecule is Cc1ccc(C(=O)C(=O)Nc2ccc(N3CCN(Cc4ccccc4)CC3)cc2)cc1. The Labute approximate surface area is 183 Å². The van der Waals surface area contributed by atoms with E-state index in [0.717, 1.165) is 44.0 Å². The summed E-state index contributed by atoms with van der Waals surface area (Å²) in [6.07, 6.45) is 0. The van der Waals surface area contributed by atoms with Crippen molar-refractivity contribution < 1.29 is 9.59 Å². The Morgan fingerprint density at radius 2 is 1.45 bits per heavy atom. The first-order valence-electron chi connectivity index (χ1n) is 10.6. The van der Waals surface area contributed by atoms with Crippen LogP contribution in [0, 0.1) is 6.92 Å². The van der Waals surface area contributed by atoms with Crippen molar-refractivity contribution in [1.29, 1.82) is 0 Å². The molecule has 1 amide bonds. The van der Waals surface area contributed by atoms with Crippen molar-refractivity contribution in [3.63, 3.8) is 0 Å². The lowest BCUT2D eigenvalue weighted by Gasteiger charge is -2.36. The van der Waals surface area contributed by atoms with E-state index < -0.39 is 11.7 Å². The van der Waals surface area contributed by atoms with Gasteiger partial charge in [0.05, 0.1) is 0 Å². The normalized spacial score (nSPS) is 14.3. The van der Waals surface area contributed by atoms with E-state index >= 15 is 0 Å². The van der Waals surface area contributed by atoms with Gasteiger partial charge in [0.15, 0.2) is 0 Å². The second kappa shape index (κ2) is 9.58. The molecule has 158 valence electrons. The van der Waals surface area contributed by atoms with Gasteiger partial charge in [0.2, 0.25) is 0 Å². The summed E-state index contributed by atoms with van der Waals surface area (Å²) in [7, 11) is 0. The van der Waals surface area contributed by atoms with Crippen LogP contribution in [-0.4, -0.2) is 42.8 Å². The zero-order chi connectivity index (χ0) is 21.6. The van der Waals surface area contributed by atoms with E-state index in [9.17, 15) is 9.59 Å². The van der Waals surface area contributed by atoms with Gasteiger partial charge in [-0.3, -0.25) is 14.5 Å². The van der Waals surface area contributed by atoms with Crippen molar-refractivity contribution in [2.24, 2.45) is 0 Å². The lowest BCUT2D eigenvalue weighted by Crippen LogP contribution is -2.45. The molecule has 1 aliphatic heterocycles. The topological polar surface area (TPSA) is 52.7 Å². The Hall–Kier alpha value is -3.44. The van der Waals surface area contributed by atoms with Crippen molar-refractivity contribution in [2.75, 3.05) is 36.4 Å². The Balaban J connectivity index is 1.30. The van der Waals surface area contributed by atoms with Crippen LogP contribution in [0.3, 0.4) is 0 Å². The summed E-state index contributed by atoms with van der Waals surface area (Å²) in [6, 6.07) is 25.3. The number of ketones is 1. The third-order valence-corrected chi connectivity index (χ3v) is 5.63. The smallest absolute Gasteiger partial charge is 0.296 e. The van der Waals surface area contributed by atoms with E-state index in [-0.39, 0.29) is 0 Å². The van der Waals surface area contributed by atoms with Crippen LogP contribution in [-0.2, 0) is 11.3 Å². The number of anilines is 2. The molecule has 0 atom stereocenters. The lowest BCUT2D eigenvalue weighted by molar-refractivity contribution is -0.112. The second-order valence-electron chi connectivity index (χ2n) is 7.94. The average molecular weight is 414 g/mol. The number of amides is 1. The number of carbonyl (C=O) groups excluding carboxylic acids is 2. The van der Waals surface area contributed by atoms with Gasteiger partial charge in [0.1, 0.15) is 0 Å². The minimum absolute atomic E-state index is 0.396. The van der Waals surface area contributed by atoms with Gasteiger partial charge >= 0.3 is 0 Å². The quantitative estimate of drug-likeness (QED) is 0.488. The molecule has 1 heterocycles. The number of benzene rings is 3. The van der Waals surface area contributed by atoms with Crippen molar-refractivity contribution >= 4 is 23.1 Å². The summed E-state index contributed by atoms with van der Waals surface area (Å²) < 4.78 is 0. The highest BCUT2D eigenvalue weighted by atomic mass is 16.2. The number of aryl methyl sites for hydroxylation is 1. The molecule has 1 aliphatic rings. The fourth-order valence-corrected chi connectivity index (χ4v) is 3.79. The van der Waals surface area contributed by atoms with Gasteiger partial charge in [-0.05, 0) is 36.8 Å². The zero-order valence-electron chi connectivity index (χ0n) is 17.8. The van der Waals surface area contributed by atoms with Gasteiger partial charge in [-0.25, -0.2) is 0 Å². The largest absolute Gasteiger partial charge is 0.369 e. The summed E-state index contributed by atoms with van der Waals surface area (Å²) in [5, 5.41) is 2.70. The highest BCUT2D eigenvalue weighted by Gasteiger charge is 2.18. The Morgan fingerprint density at radius 3 is 2.10 bits per heavy atom. The molecule has 0 bridgehead atoms. The van der Waals surface area contributed by atoms with Gasteiger partial charge in [0, 0.05) is 49.7 Å². The van der Waals surface area contributed by atoms with E-state index in [2.05, 4.69) is 39.4 Å². The molecular weight excluding hydrogens is 386 g/mol. The van der Waals surface area contributed by atoms with Crippen molar-refractivity contribution in [3.05, 3.63) is 95.6 Å². The summed E-state index contributed by atoms with van der Waals surface area (Å²) in [5.41, 5.74) is 4.54. The number of nitrogens with one attached hydrogen (secondary N) is 1. The van der Waals surface area contributed by atoms with Crippen molar-refractivity contribution in [3.8, 4) is 0 Å². The number of piperazine rings is 1. The maximum absolute atomic E-state index is 12.3. The van der Waals surface area contributed by atoms with Crippen LogP contribution in [0.15, 0.2) is 78.9 Å². The van der Waals surface area contributed by atoms with Crippen molar-refractivity contribution in [2.45, 2.75) is 13.5 Å². The first-order chi connectivity index (χ1) is 15.1. The van der Waals surface area contributed by atoms with Gasteiger partial charge in [-0.2, -0.15) is 0 Å². The molecule has 5 nitrogen and oxygen atoms in total. The van der Waals surface area contributed by atoms with Crippen LogP contribution in [0.2, 0.25) is 0 Å². The predicted molar refractivity (Wildman–Crippen MR) is 125 cm³/mol. The van der Waals surface area contributed by atoms with E-state index in [1.54, 1.807) is 12.1 Å². The average Bonchev–Trinajstić information content (AvgIpc) is 2.81. The molecule has 1 fully saturated rings. The Morgan fingerprint density at radius 1 is 0.806 bits per heavy atom. The predicted octanol–water partition coefficient (Wildman–Crippen LogP) is 4.14. The van der Waals surface area contributed by atoms with Crippen LogP contribution < -0.4 is 10.2 Å². The molecule has 1 N–H and O–H groups in total. The fourth-order valence-electron chi connectivity index (χ4n) is 3.79. The highest BCUT2D eigenvalue weighted by Crippen LogP contribution is 2.20. The second-order valence-corrected chi connectivity index (χ2v) is 7.94. The van der Waals surface area contributed by atoms with Crippen LogP contribution >= 0.6 is 0 Å². The minimum atomic E-state index is -0.619. The summed E-state index contributed by atoms with van der Waals surface area (Å²) >= 11 is 0. The van der Waals surface area contributed by atoms with Crippen LogP contribution in [0.25, 0.3) is 0 Å². The minimum Gasteiger partial charge on any atom is -0.369 e. The van der Waals surface area contributed by atoms with Gasteiger partial charge < -0.3 is 10.2 Å². The first kappa shape index (κ1) is 20.8. The zero-order valence-corrected chi connectivity index (χ0v) is 17.8. The van der Waals surface area contributed by atoms with E-state index in [0.29, 0.717) is 11.3 Å². The number of hydrogen-bond donors (Lipinski definition) is 1. The first-order valence-corrected chi connectivity index (χ1v) is 10.6. The molecule has 0 aliphatic carbocycles. The Kier molecular flexibility index (Phi) is 6.43. The molecule has 5 heteroatoms. The molecule has 0 spiro atoms. The fraction of sp³-hybridized carbons (Fsp3) is 0.231. The third kappa shape index (κ3) is 5.38. The van der Waals surface area contributed by atoms with Crippen molar-refractivity contribution in [1.82, 2.24) is 4.90 Å². The van der Waals surface area contributed by atoms with Crippen LogP contribution in [0.5, 0.6) is 0 Å².